The number of benzene rings is 1. The zero-order chi connectivity index (χ0) is 9.10. The van der Waals surface area contributed by atoms with Gasteiger partial charge < -0.3 is 5.73 Å². The summed E-state index contributed by atoms with van der Waals surface area (Å²) < 4.78 is 0. The summed E-state index contributed by atoms with van der Waals surface area (Å²) in [5.41, 5.74) is 7.80. The summed E-state index contributed by atoms with van der Waals surface area (Å²) in [6.45, 7) is 2.65. The first-order chi connectivity index (χ1) is 6.36. The molecule has 1 aliphatic rings. The van der Waals surface area contributed by atoms with Gasteiger partial charge in [-0.1, -0.05) is 18.2 Å². The number of para-hydroxylation sites is 1. The standard InChI is InChI=1S/C10H14N2O/c11-10-5-2-1-4-9(10)8-12-6-3-7-13-12/h1-2,4-5H,3,6-8,11H2. The van der Waals surface area contributed by atoms with Crippen LogP contribution in [0.5, 0.6) is 0 Å². The number of hydroxylamine groups is 2. The summed E-state index contributed by atoms with van der Waals surface area (Å²) in [7, 11) is 0. The molecule has 1 fully saturated rings. The van der Waals surface area contributed by atoms with Crippen LogP contribution < -0.4 is 5.73 Å². The lowest BCUT2D eigenvalue weighted by Crippen LogP contribution is -2.17. The second-order valence-corrected chi connectivity index (χ2v) is 3.25. The first-order valence-corrected chi connectivity index (χ1v) is 4.57. The Kier molecular flexibility index (Phi) is 2.47. The van der Waals surface area contributed by atoms with Crippen LogP contribution in [0.3, 0.4) is 0 Å². The molecule has 0 atom stereocenters. The highest BCUT2D eigenvalue weighted by molar-refractivity contribution is 5.46. The molecule has 2 rings (SSSR count). The maximum Gasteiger partial charge on any atom is 0.0698 e. The van der Waals surface area contributed by atoms with Gasteiger partial charge in [0.2, 0.25) is 0 Å². The zero-order valence-electron chi connectivity index (χ0n) is 7.57. The maximum absolute atomic E-state index is 5.82. The number of nitrogens with two attached hydrogens (primary N) is 1. The van der Waals surface area contributed by atoms with Gasteiger partial charge in [0, 0.05) is 12.2 Å². The third-order valence-electron chi connectivity index (χ3n) is 2.23. The summed E-state index contributed by atoms with van der Waals surface area (Å²) in [5.74, 6) is 0. The average Bonchev–Trinajstić information content (AvgIpc) is 2.61. The van der Waals surface area contributed by atoms with E-state index in [0.717, 1.165) is 37.4 Å². The molecule has 2 N–H and O–H groups in total. The Labute approximate surface area is 78.1 Å². The van der Waals surface area contributed by atoms with E-state index in [9.17, 15) is 0 Å². The van der Waals surface area contributed by atoms with Gasteiger partial charge in [0.05, 0.1) is 13.2 Å². The third-order valence-corrected chi connectivity index (χ3v) is 2.23. The van der Waals surface area contributed by atoms with Crippen LogP contribution in [-0.2, 0) is 11.4 Å². The predicted octanol–water partition coefficient (Wildman–Crippen LogP) is 1.41. The highest BCUT2D eigenvalue weighted by Gasteiger charge is 2.13. The minimum absolute atomic E-state index is 0.798. The Hall–Kier alpha value is -1.06. The first-order valence-electron chi connectivity index (χ1n) is 4.57. The van der Waals surface area contributed by atoms with E-state index < -0.39 is 0 Å². The van der Waals surface area contributed by atoms with Crippen LogP contribution in [-0.4, -0.2) is 18.2 Å². The largest absolute Gasteiger partial charge is 0.398 e. The Bertz CT molecular complexity index is 282. The van der Waals surface area contributed by atoms with Crippen LogP contribution in [0.1, 0.15) is 12.0 Å². The minimum Gasteiger partial charge on any atom is -0.398 e. The molecule has 0 unspecified atom stereocenters. The van der Waals surface area contributed by atoms with E-state index in [1.54, 1.807) is 0 Å². The van der Waals surface area contributed by atoms with Crippen molar-refractivity contribution in [2.24, 2.45) is 0 Å². The Balaban J connectivity index is 2.04. The van der Waals surface area contributed by atoms with Crippen LogP contribution >= 0.6 is 0 Å². The Morgan fingerprint density at radius 3 is 2.92 bits per heavy atom. The summed E-state index contributed by atoms with van der Waals surface area (Å²) in [6, 6.07) is 7.91. The van der Waals surface area contributed by atoms with E-state index in [1.165, 1.54) is 0 Å². The lowest BCUT2D eigenvalue weighted by atomic mass is 10.2. The Morgan fingerprint density at radius 1 is 1.38 bits per heavy atom. The van der Waals surface area contributed by atoms with Crippen molar-refractivity contribution >= 4 is 5.69 Å². The van der Waals surface area contributed by atoms with Crippen molar-refractivity contribution in [2.75, 3.05) is 18.9 Å². The van der Waals surface area contributed by atoms with Crippen molar-refractivity contribution < 1.29 is 4.84 Å². The number of hydrogen-bond acceptors (Lipinski definition) is 3. The van der Waals surface area contributed by atoms with E-state index >= 15 is 0 Å². The molecular weight excluding hydrogens is 164 g/mol. The number of nitrogens with zero attached hydrogens (tertiary/aromatic N) is 1. The molecule has 1 aromatic carbocycles. The molecule has 70 valence electrons. The smallest absolute Gasteiger partial charge is 0.0698 e. The van der Waals surface area contributed by atoms with Gasteiger partial charge in [0.25, 0.3) is 0 Å². The molecule has 13 heavy (non-hydrogen) atoms. The van der Waals surface area contributed by atoms with Gasteiger partial charge in [-0.2, -0.15) is 5.06 Å². The number of nitrogen functional groups attached to an aromatic ring is 1. The maximum atomic E-state index is 5.82. The fraction of sp³-hybridized carbons (Fsp3) is 0.400. The van der Waals surface area contributed by atoms with Crippen LogP contribution in [0.25, 0.3) is 0 Å². The lowest BCUT2D eigenvalue weighted by molar-refractivity contribution is -0.117. The molecule has 0 bridgehead atoms. The fourth-order valence-electron chi connectivity index (χ4n) is 1.49. The molecule has 0 aromatic heterocycles. The predicted molar refractivity (Wildman–Crippen MR) is 51.8 cm³/mol. The molecule has 0 aliphatic carbocycles. The molecule has 1 saturated heterocycles. The molecule has 0 saturated carbocycles. The number of anilines is 1. The van der Waals surface area contributed by atoms with E-state index in [0.29, 0.717) is 0 Å². The number of rotatable bonds is 2. The molecular formula is C10H14N2O. The van der Waals surface area contributed by atoms with Crippen molar-refractivity contribution in [1.82, 2.24) is 5.06 Å². The van der Waals surface area contributed by atoms with Gasteiger partial charge in [-0.25, -0.2) is 0 Å². The van der Waals surface area contributed by atoms with Gasteiger partial charge in [0.15, 0.2) is 0 Å². The van der Waals surface area contributed by atoms with Gasteiger partial charge in [0.1, 0.15) is 0 Å². The topological polar surface area (TPSA) is 38.5 Å². The van der Waals surface area contributed by atoms with E-state index in [-0.39, 0.29) is 0 Å². The van der Waals surface area contributed by atoms with E-state index in [1.807, 2.05) is 29.3 Å². The van der Waals surface area contributed by atoms with Gasteiger partial charge >= 0.3 is 0 Å². The van der Waals surface area contributed by atoms with Crippen LogP contribution in [0.15, 0.2) is 24.3 Å². The van der Waals surface area contributed by atoms with Crippen molar-refractivity contribution in [3.63, 3.8) is 0 Å². The number of hydrogen-bond donors (Lipinski definition) is 1. The molecule has 0 radical (unpaired) electrons. The summed E-state index contributed by atoms with van der Waals surface area (Å²) in [5, 5.41) is 1.96. The van der Waals surface area contributed by atoms with E-state index in [2.05, 4.69) is 0 Å². The third kappa shape index (κ3) is 1.99. The molecule has 0 spiro atoms. The van der Waals surface area contributed by atoms with Gasteiger partial charge in [-0.3, -0.25) is 4.84 Å². The van der Waals surface area contributed by atoms with Crippen molar-refractivity contribution in [3.05, 3.63) is 29.8 Å². The summed E-state index contributed by atoms with van der Waals surface area (Å²) in [6.07, 6.45) is 1.12. The molecule has 1 heterocycles. The second kappa shape index (κ2) is 3.77. The monoisotopic (exact) mass is 178 g/mol. The van der Waals surface area contributed by atoms with Crippen molar-refractivity contribution in [2.45, 2.75) is 13.0 Å². The zero-order valence-corrected chi connectivity index (χ0v) is 7.57. The molecule has 3 nitrogen and oxygen atoms in total. The van der Waals surface area contributed by atoms with Crippen molar-refractivity contribution in [3.8, 4) is 0 Å². The van der Waals surface area contributed by atoms with Crippen LogP contribution in [0, 0.1) is 0 Å². The quantitative estimate of drug-likeness (QED) is 0.696. The Morgan fingerprint density at radius 2 is 2.23 bits per heavy atom. The minimum atomic E-state index is 0.798. The fourth-order valence-corrected chi connectivity index (χ4v) is 1.49. The second-order valence-electron chi connectivity index (χ2n) is 3.25. The van der Waals surface area contributed by atoms with E-state index in [4.69, 9.17) is 10.6 Å². The van der Waals surface area contributed by atoms with Crippen LogP contribution in [0.2, 0.25) is 0 Å². The molecule has 1 aromatic rings. The highest BCUT2D eigenvalue weighted by Crippen LogP contribution is 2.15. The SMILES string of the molecule is Nc1ccccc1CN1CCCO1. The average molecular weight is 178 g/mol. The van der Waals surface area contributed by atoms with Gasteiger partial charge in [-0.15, -0.1) is 0 Å². The lowest BCUT2D eigenvalue weighted by Gasteiger charge is -2.14. The van der Waals surface area contributed by atoms with Crippen LogP contribution in [0.4, 0.5) is 5.69 Å². The molecule has 3 heteroatoms. The molecule has 0 amide bonds. The highest BCUT2D eigenvalue weighted by atomic mass is 16.7. The summed E-state index contributed by atoms with van der Waals surface area (Å²) >= 11 is 0. The van der Waals surface area contributed by atoms with Gasteiger partial charge in [-0.05, 0) is 18.1 Å². The first kappa shape index (κ1) is 8.53. The summed E-state index contributed by atoms with van der Waals surface area (Å²) in [4.78, 5) is 5.39. The molecule has 1 aliphatic heterocycles. The van der Waals surface area contributed by atoms with Crippen molar-refractivity contribution in [1.29, 1.82) is 0 Å². The normalized spacial score (nSPS) is 17.8.